The maximum absolute atomic E-state index is 12.6. The predicted molar refractivity (Wildman–Crippen MR) is 100 cm³/mol. The molecule has 5 heteroatoms. The second kappa shape index (κ2) is 9.36. The van der Waals surface area contributed by atoms with Crippen LogP contribution in [0, 0.1) is 0 Å². The lowest BCUT2D eigenvalue weighted by molar-refractivity contribution is -0.909. The zero-order valence-corrected chi connectivity index (χ0v) is 15.2. The van der Waals surface area contributed by atoms with Gasteiger partial charge in [0.2, 0.25) is 5.91 Å². The van der Waals surface area contributed by atoms with E-state index in [-0.39, 0.29) is 11.9 Å². The largest absolute Gasteiger partial charge is 0.497 e. The van der Waals surface area contributed by atoms with Crippen molar-refractivity contribution < 1.29 is 19.2 Å². The summed E-state index contributed by atoms with van der Waals surface area (Å²) >= 11 is 0. The molecule has 1 heterocycles. The molecule has 1 fully saturated rings. The second-order valence-electron chi connectivity index (χ2n) is 6.62. The van der Waals surface area contributed by atoms with E-state index in [2.05, 4.69) is 17.4 Å². The highest BCUT2D eigenvalue weighted by atomic mass is 16.5. The zero-order valence-electron chi connectivity index (χ0n) is 15.2. The number of carbonyl (C=O) groups is 1. The van der Waals surface area contributed by atoms with E-state index >= 15 is 0 Å². The molecule has 2 aromatic rings. The van der Waals surface area contributed by atoms with Gasteiger partial charge in [0, 0.05) is 0 Å². The molecule has 1 aliphatic heterocycles. The summed E-state index contributed by atoms with van der Waals surface area (Å²) < 4.78 is 10.6. The van der Waals surface area contributed by atoms with Gasteiger partial charge in [-0.25, -0.2) is 0 Å². The Bertz CT molecular complexity index is 682. The monoisotopic (exact) mass is 355 g/mol. The van der Waals surface area contributed by atoms with Crippen molar-refractivity contribution in [3.8, 4) is 5.75 Å². The number of methoxy groups -OCH3 is 1. The van der Waals surface area contributed by atoms with Crippen LogP contribution in [0.25, 0.3) is 0 Å². The maximum atomic E-state index is 12.6. The molecule has 0 aliphatic carbocycles. The molecule has 0 saturated carbocycles. The topological polar surface area (TPSA) is 52.0 Å². The van der Waals surface area contributed by atoms with Crippen molar-refractivity contribution in [3.05, 3.63) is 65.7 Å². The van der Waals surface area contributed by atoms with E-state index in [4.69, 9.17) is 9.47 Å². The number of ether oxygens (including phenoxy) is 2. The molecule has 2 aromatic carbocycles. The second-order valence-corrected chi connectivity index (χ2v) is 6.62. The lowest BCUT2D eigenvalue weighted by Crippen LogP contribution is -3.14. The average Bonchev–Trinajstić information content (AvgIpc) is 2.69. The van der Waals surface area contributed by atoms with Crippen LogP contribution in [-0.4, -0.2) is 45.9 Å². The third-order valence-electron chi connectivity index (χ3n) is 4.75. The molecule has 3 rings (SSSR count). The molecule has 1 atom stereocenters. The number of amides is 1. The third kappa shape index (κ3) is 5.31. The normalized spacial score (nSPS) is 16.0. The molecule has 0 spiro atoms. The minimum Gasteiger partial charge on any atom is -0.497 e. The molecule has 26 heavy (non-hydrogen) atoms. The molecule has 5 nitrogen and oxygen atoms in total. The van der Waals surface area contributed by atoms with Gasteiger partial charge in [-0.3, -0.25) is 4.79 Å². The van der Waals surface area contributed by atoms with Gasteiger partial charge in [-0.15, -0.1) is 0 Å². The molecule has 0 radical (unpaired) electrons. The van der Waals surface area contributed by atoms with Crippen molar-refractivity contribution in [2.75, 3.05) is 40.0 Å². The minimum atomic E-state index is 0.00930. The van der Waals surface area contributed by atoms with Crippen LogP contribution in [0.4, 0.5) is 0 Å². The van der Waals surface area contributed by atoms with Crippen molar-refractivity contribution in [2.24, 2.45) is 0 Å². The number of rotatable bonds is 7. The fourth-order valence-corrected chi connectivity index (χ4v) is 3.26. The number of hydrogen-bond donors (Lipinski definition) is 2. The van der Waals surface area contributed by atoms with Crippen LogP contribution in [0.1, 0.15) is 17.2 Å². The first-order chi connectivity index (χ1) is 12.7. The molecule has 2 N–H and O–H groups in total. The van der Waals surface area contributed by atoms with E-state index in [1.807, 2.05) is 42.5 Å². The molecule has 0 aromatic heterocycles. The van der Waals surface area contributed by atoms with Crippen molar-refractivity contribution in [1.82, 2.24) is 5.32 Å². The Labute approximate surface area is 154 Å². The Morgan fingerprint density at radius 3 is 2.46 bits per heavy atom. The summed E-state index contributed by atoms with van der Waals surface area (Å²) in [5.74, 6) is 0.837. The van der Waals surface area contributed by atoms with Gasteiger partial charge in [-0.1, -0.05) is 42.5 Å². The van der Waals surface area contributed by atoms with Crippen LogP contribution < -0.4 is 15.0 Å². The molecule has 1 saturated heterocycles. The summed E-state index contributed by atoms with van der Waals surface area (Å²) in [7, 11) is 1.64. The molecule has 0 bridgehead atoms. The van der Waals surface area contributed by atoms with Crippen LogP contribution in [0.3, 0.4) is 0 Å². The zero-order chi connectivity index (χ0) is 18.2. The minimum absolute atomic E-state index is 0.00930. The Morgan fingerprint density at radius 2 is 1.81 bits per heavy atom. The number of nitrogens with one attached hydrogen (secondary N) is 2. The van der Waals surface area contributed by atoms with E-state index in [0.717, 1.165) is 49.7 Å². The summed E-state index contributed by atoms with van der Waals surface area (Å²) in [5, 5.41) is 3.23. The van der Waals surface area contributed by atoms with E-state index in [9.17, 15) is 4.79 Å². The van der Waals surface area contributed by atoms with Crippen molar-refractivity contribution in [3.63, 3.8) is 0 Å². The molecule has 0 unspecified atom stereocenters. The highest BCUT2D eigenvalue weighted by Gasteiger charge is 2.22. The Balaban J connectivity index is 1.64. The summed E-state index contributed by atoms with van der Waals surface area (Å²) in [4.78, 5) is 14.1. The molecular formula is C21H27N2O3+. The Hall–Kier alpha value is -2.37. The number of morpholine rings is 1. The lowest BCUT2D eigenvalue weighted by atomic mass is 10.0. The summed E-state index contributed by atoms with van der Waals surface area (Å²) in [6.07, 6.45) is 0.367. The Morgan fingerprint density at radius 1 is 1.12 bits per heavy atom. The van der Waals surface area contributed by atoms with Gasteiger partial charge >= 0.3 is 0 Å². The summed E-state index contributed by atoms with van der Waals surface area (Å²) in [5.41, 5.74) is 2.13. The number of carbonyl (C=O) groups excluding carboxylic acids is 1. The van der Waals surface area contributed by atoms with Crippen LogP contribution >= 0.6 is 0 Å². The highest BCUT2D eigenvalue weighted by molar-refractivity contribution is 5.79. The van der Waals surface area contributed by atoms with Crippen LogP contribution in [0.2, 0.25) is 0 Å². The molecule has 1 aliphatic rings. The van der Waals surface area contributed by atoms with E-state index in [0.29, 0.717) is 6.42 Å². The highest BCUT2D eigenvalue weighted by Crippen LogP contribution is 2.14. The summed E-state index contributed by atoms with van der Waals surface area (Å²) in [6.45, 7) is 4.42. The molecular weight excluding hydrogens is 328 g/mol. The number of quaternary nitrogens is 1. The van der Waals surface area contributed by atoms with Gasteiger partial charge in [0.15, 0.2) is 0 Å². The number of benzene rings is 2. The molecule has 1 amide bonds. The van der Waals surface area contributed by atoms with E-state index in [1.165, 1.54) is 4.90 Å². The summed E-state index contributed by atoms with van der Waals surface area (Å²) in [6, 6.07) is 17.9. The van der Waals surface area contributed by atoms with Crippen molar-refractivity contribution in [1.29, 1.82) is 0 Å². The van der Waals surface area contributed by atoms with Crippen LogP contribution in [-0.2, 0) is 16.0 Å². The van der Waals surface area contributed by atoms with Gasteiger partial charge in [-0.2, -0.15) is 0 Å². The predicted octanol–water partition coefficient (Wildman–Crippen LogP) is 1.01. The smallest absolute Gasteiger partial charge is 0.225 e. The van der Waals surface area contributed by atoms with E-state index < -0.39 is 0 Å². The SMILES string of the molecule is COc1ccc(CC(=O)N[C@@H](C[NH+]2CCOCC2)c2ccccc2)cc1. The van der Waals surface area contributed by atoms with Gasteiger partial charge in [0.25, 0.3) is 0 Å². The van der Waals surface area contributed by atoms with Crippen molar-refractivity contribution >= 4 is 5.91 Å². The average molecular weight is 355 g/mol. The van der Waals surface area contributed by atoms with E-state index in [1.54, 1.807) is 7.11 Å². The van der Waals surface area contributed by atoms with Gasteiger partial charge in [-0.05, 0) is 23.3 Å². The van der Waals surface area contributed by atoms with Crippen LogP contribution in [0.15, 0.2) is 54.6 Å². The first-order valence-corrected chi connectivity index (χ1v) is 9.13. The van der Waals surface area contributed by atoms with Gasteiger partial charge < -0.3 is 19.7 Å². The standard InChI is InChI=1S/C21H26N2O3/c1-25-19-9-7-17(8-10-19)15-21(24)22-20(18-5-3-2-4-6-18)16-23-11-13-26-14-12-23/h2-10,20H,11-16H2,1H3,(H,22,24)/p+1/t20-/m0/s1. The van der Waals surface area contributed by atoms with Gasteiger partial charge in [0.05, 0.1) is 26.7 Å². The maximum Gasteiger partial charge on any atom is 0.225 e. The third-order valence-corrected chi connectivity index (χ3v) is 4.75. The fourth-order valence-electron chi connectivity index (χ4n) is 3.26. The number of hydrogen-bond acceptors (Lipinski definition) is 3. The Kier molecular flexibility index (Phi) is 6.63. The first kappa shape index (κ1) is 18.4. The van der Waals surface area contributed by atoms with Gasteiger partial charge in [0.1, 0.15) is 31.4 Å². The first-order valence-electron chi connectivity index (χ1n) is 9.13. The quantitative estimate of drug-likeness (QED) is 0.779. The van der Waals surface area contributed by atoms with Crippen LogP contribution in [0.5, 0.6) is 5.75 Å². The fraction of sp³-hybridized carbons (Fsp3) is 0.381. The lowest BCUT2D eigenvalue weighted by Gasteiger charge is -2.28. The van der Waals surface area contributed by atoms with Crippen molar-refractivity contribution in [2.45, 2.75) is 12.5 Å². The molecule has 138 valence electrons.